The van der Waals surface area contributed by atoms with Gasteiger partial charge < -0.3 is 10.6 Å². The normalized spacial score (nSPS) is 27.5. The van der Waals surface area contributed by atoms with Crippen molar-refractivity contribution < 1.29 is 14.4 Å². The molecule has 3 rings (SSSR count). The molecular weight excluding hydrogens is 398 g/mol. The lowest BCUT2D eigenvalue weighted by molar-refractivity contribution is -0.136. The second kappa shape index (κ2) is 6.68. The predicted molar refractivity (Wildman–Crippen MR) is 103 cm³/mol. The number of amides is 4. The van der Waals surface area contributed by atoms with Gasteiger partial charge >= 0.3 is 6.03 Å². The molecule has 1 aliphatic carbocycles. The molecule has 4 amide bonds. The maximum Gasteiger partial charge on any atom is 0.325 e. The Morgan fingerprint density at radius 3 is 2.65 bits per heavy atom. The Bertz CT molecular complexity index is 764. The highest BCUT2D eigenvalue weighted by Crippen LogP contribution is 2.46. The molecule has 0 aromatic heterocycles. The van der Waals surface area contributed by atoms with Crippen LogP contribution in [0, 0.1) is 11.3 Å². The first-order chi connectivity index (χ1) is 12.1. The SMILES string of the molecule is CC1CC(C)(C)CC2(C1)NC(=O)N(CC(=O)Nc1ccccc1Br)C2=O. The third-order valence-electron chi connectivity index (χ3n) is 5.07. The van der Waals surface area contributed by atoms with E-state index in [-0.39, 0.29) is 17.9 Å². The maximum absolute atomic E-state index is 13.0. The number of para-hydroxylation sites is 1. The maximum atomic E-state index is 13.0. The Morgan fingerprint density at radius 2 is 2.00 bits per heavy atom. The number of urea groups is 1. The second-order valence-corrected chi connectivity index (χ2v) is 9.14. The average molecular weight is 422 g/mol. The summed E-state index contributed by atoms with van der Waals surface area (Å²) < 4.78 is 0.741. The average Bonchev–Trinajstić information content (AvgIpc) is 2.71. The molecule has 1 spiro atoms. The molecule has 1 saturated heterocycles. The number of imide groups is 1. The molecule has 0 bridgehead atoms. The van der Waals surface area contributed by atoms with Gasteiger partial charge in [-0.15, -0.1) is 0 Å². The van der Waals surface area contributed by atoms with Crippen molar-refractivity contribution in [2.45, 2.75) is 45.6 Å². The topological polar surface area (TPSA) is 78.5 Å². The molecule has 0 radical (unpaired) electrons. The quantitative estimate of drug-likeness (QED) is 0.732. The number of rotatable bonds is 3. The number of nitrogens with one attached hydrogen (secondary N) is 2. The zero-order valence-corrected chi connectivity index (χ0v) is 16.9. The Labute approximate surface area is 161 Å². The van der Waals surface area contributed by atoms with E-state index < -0.39 is 17.5 Å². The van der Waals surface area contributed by atoms with Crippen LogP contribution in [0.5, 0.6) is 0 Å². The van der Waals surface area contributed by atoms with E-state index in [1.54, 1.807) is 12.1 Å². The van der Waals surface area contributed by atoms with Crippen LogP contribution in [-0.2, 0) is 9.59 Å². The summed E-state index contributed by atoms with van der Waals surface area (Å²) in [6.45, 7) is 6.05. The fourth-order valence-electron chi connectivity index (χ4n) is 4.55. The molecule has 1 aromatic rings. The highest BCUT2D eigenvalue weighted by Gasteiger charge is 2.56. The number of benzene rings is 1. The van der Waals surface area contributed by atoms with Crippen LogP contribution < -0.4 is 10.6 Å². The molecule has 6 nitrogen and oxygen atoms in total. The van der Waals surface area contributed by atoms with E-state index in [0.717, 1.165) is 15.8 Å². The minimum atomic E-state index is -0.883. The third-order valence-corrected chi connectivity index (χ3v) is 5.77. The summed E-state index contributed by atoms with van der Waals surface area (Å²) >= 11 is 3.36. The summed E-state index contributed by atoms with van der Waals surface area (Å²) in [5.41, 5.74) is -0.314. The molecule has 1 heterocycles. The van der Waals surface area contributed by atoms with Crippen molar-refractivity contribution in [2.24, 2.45) is 11.3 Å². The summed E-state index contributed by atoms with van der Waals surface area (Å²) in [6, 6.07) is 6.72. The van der Waals surface area contributed by atoms with Crippen LogP contribution in [-0.4, -0.2) is 34.8 Å². The lowest BCUT2D eigenvalue weighted by atomic mass is 9.64. The van der Waals surface area contributed by atoms with Crippen LogP contribution in [0.2, 0.25) is 0 Å². The summed E-state index contributed by atoms with van der Waals surface area (Å²) in [4.78, 5) is 38.9. The van der Waals surface area contributed by atoms with Crippen LogP contribution in [0.1, 0.15) is 40.0 Å². The third kappa shape index (κ3) is 3.63. The molecule has 2 fully saturated rings. The predicted octanol–water partition coefficient (Wildman–Crippen LogP) is 3.52. The molecule has 2 N–H and O–H groups in total. The Hall–Kier alpha value is -1.89. The van der Waals surface area contributed by atoms with Crippen LogP contribution in [0.15, 0.2) is 28.7 Å². The number of hydrogen-bond acceptors (Lipinski definition) is 3. The Balaban J connectivity index is 1.73. The van der Waals surface area contributed by atoms with Crippen molar-refractivity contribution in [3.05, 3.63) is 28.7 Å². The number of carbonyl (C=O) groups excluding carboxylic acids is 3. The van der Waals surface area contributed by atoms with E-state index in [9.17, 15) is 14.4 Å². The largest absolute Gasteiger partial charge is 0.325 e. The van der Waals surface area contributed by atoms with Gasteiger partial charge in [-0.3, -0.25) is 14.5 Å². The smallest absolute Gasteiger partial charge is 0.324 e. The van der Waals surface area contributed by atoms with Gasteiger partial charge in [-0.25, -0.2) is 4.79 Å². The van der Waals surface area contributed by atoms with Gasteiger partial charge in [0, 0.05) is 4.47 Å². The van der Waals surface area contributed by atoms with E-state index in [1.807, 2.05) is 12.1 Å². The molecule has 1 aliphatic heterocycles. The first-order valence-electron chi connectivity index (χ1n) is 8.80. The zero-order valence-electron chi connectivity index (χ0n) is 15.3. The molecule has 7 heteroatoms. The van der Waals surface area contributed by atoms with Crippen molar-refractivity contribution in [1.82, 2.24) is 10.2 Å². The fourth-order valence-corrected chi connectivity index (χ4v) is 4.93. The highest BCUT2D eigenvalue weighted by molar-refractivity contribution is 9.10. The van der Waals surface area contributed by atoms with Crippen molar-refractivity contribution in [2.75, 3.05) is 11.9 Å². The molecule has 2 unspecified atom stereocenters. The molecule has 1 saturated carbocycles. The van der Waals surface area contributed by atoms with Crippen molar-refractivity contribution in [3.8, 4) is 0 Å². The van der Waals surface area contributed by atoms with Gasteiger partial charge in [-0.2, -0.15) is 0 Å². The molecule has 26 heavy (non-hydrogen) atoms. The molecule has 2 aliphatic rings. The van der Waals surface area contributed by atoms with Crippen LogP contribution in [0.4, 0.5) is 10.5 Å². The van der Waals surface area contributed by atoms with Crippen LogP contribution >= 0.6 is 15.9 Å². The first-order valence-corrected chi connectivity index (χ1v) is 9.60. The molecule has 1 aromatic carbocycles. The van der Waals surface area contributed by atoms with E-state index >= 15 is 0 Å². The number of halogens is 1. The highest BCUT2D eigenvalue weighted by atomic mass is 79.9. The van der Waals surface area contributed by atoms with Gasteiger partial charge in [0.15, 0.2) is 0 Å². The second-order valence-electron chi connectivity index (χ2n) is 8.29. The zero-order chi connectivity index (χ0) is 19.1. The minimum Gasteiger partial charge on any atom is -0.324 e. The first kappa shape index (κ1) is 18.9. The van der Waals surface area contributed by atoms with Gasteiger partial charge in [0.05, 0.1) is 5.69 Å². The van der Waals surface area contributed by atoms with Crippen LogP contribution in [0.25, 0.3) is 0 Å². The lowest BCUT2D eigenvalue weighted by Gasteiger charge is -2.43. The van der Waals surface area contributed by atoms with Crippen LogP contribution in [0.3, 0.4) is 0 Å². The molecule has 140 valence electrons. The summed E-state index contributed by atoms with van der Waals surface area (Å²) in [5, 5.41) is 5.62. The van der Waals surface area contributed by atoms with Gasteiger partial charge in [-0.05, 0) is 58.7 Å². The lowest BCUT2D eigenvalue weighted by Crippen LogP contribution is -2.54. The minimum absolute atomic E-state index is 0.0340. The molecular formula is C19H24BrN3O3. The Kier molecular flexibility index (Phi) is 4.86. The number of hydrogen-bond donors (Lipinski definition) is 2. The standard InChI is InChI=1S/C19H24BrN3O3/c1-12-8-18(2,3)11-19(9-12)16(25)23(17(26)22-19)10-15(24)21-14-7-5-4-6-13(14)20/h4-7,12H,8-11H2,1-3H3,(H,21,24)(H,22,26). The van der Waals surface area contributed by atoms with Crippen molar-refractivity contribution in [1.29, 1.82) is 0 Å². The van der Waals surface area contributed by atoms with Gasteiger partial charge in [-0.1, -0.05) is 32.9 Å². The van der Waals surface area contributed by atoms with E-state index in [4.69, 9.17) is 0 Å². The summed E-state index contributed by atoms with van der Waals surface area (Å²) in [5.74, 6) is -0.359. The van der Waals surface area contributed by atoms with E-state index in [1.165, 1.54) is 0 Å². The Morgan fingerprint density at radius 1 is 1.31 bits per heavy atom. The van der Waals surface area contributed by atoms with Gasteiger partial charge in [0.1, 0.15) is 12.1 Å². The number of carbonyl (C=O) groups is 3. The molecule has 2 atom stereocenters. The fraction of sp³-hybridized carbons (Fsp3) is 0.526. The number of anilines is 1. The summed E-state index contributed by atoms with van der Waals surface area (Å²) in [7, 11) is 0. The van der Waals surface area contributed by atoms with Crippen molar-refractivity contribution in [3.63, 3.8) is 0 Å². The van der Waals surface area contributed by atoms with Gasteiger partial charge in [0.25, 0.3) is 5.91 Å². The van der Waals surface area contributed by atoms with E-state index in [2.05, 4.69) is 47.3 Å². The van der Waals surface area contributed by atoms with E-state index in [0.29, 0.717) is 24.4 Å². The summed E-state index contributed by atoms with van der Waals surface area (Å²) in [6.07, 6.45) is 2.22. The number of nitrogens with zero attached hydrogens (tertiary/aromatic N) is 1. The monoisotopic (exact) mass is 421 g/mol. The van der Waals surface area contributed by atoms with Crippen molar-refractivity contribution >= 4 is 39.5 Å². The van der Waals surface area contributed by atoms with Gasteiger partial charge in [0.2, 0.25) is 5.91 Å².